The largest absolute Gasteiger partial charge is 0.341 e. The van der Waals surface area contributed by atoms with Gasteiger partial charge < -0.3 is 4.90 Å². The molecule has 20 heavy (non-hydrogen) atoms. The van der Waals surface area contributed by atoms with Crippen LogP contribution in [0.3, 0.4) is 0 Å². The first-order valence-electron chi connectivity index (χ1n) is 6.77. The highest BCUT2D eigenvalue weighted by Gasteiger charge is 2.35. The Morgan fingerprint density at radius 2 is 1.85 bits per heavy atom. The van der Waals surface area contributed by atoms with Gasteiger partial charge in [0.05, 0.1) is 0 Å². The first-order chi connectivity index (χ1) is 9.40. The number of amides is 1. The first-order valence-corrected chi connectivity index (χ1v) is 8.38. The second kappa shape index (κ2) is 5.93. The Kier molecular flexibility index (Phi) is 4.45. The molecule has 6 heteroatoms. The molecule has 2 rings (SSSR count). The van der Waals surface area contributed by atoms with Crippen molar-refractivity contribution >= 4 is 15.9 Å². The van der Waals surface area contributed by atoms with Gasteiger partial charge in [-0.3, -0.25) is 4.79 Å². The number of carbonyl (C=O) groups excluding carboxylic acids is 1. The zero-order valence-corrected chi connectivity index (χ0v) is 12.4. The predicted octanol–water partition coefficient (Wildman–Crippen LogP) is 0.681. The van der Waals surface area contributed by atoms with Crippen molar-refractivity contribution in [3.8, 4) is 0 Å². The maximum Gasteiger partial charge on any atom is 0.224 e. The summed E-state index contributed by atoms with van der Waals surface area (Å²) in [5, 5.41) is 4.35. The molecule has 1 atom stereocenters. The fourth-order valence-electron chi connectivity index (χ4n) is 2.38. The van der Waals surface area contributed by atoms with Gasteiger partial charge in [-0.05, 0) is 24.0 Å². The monoisotopic (exact) mass is 296 g/mol. The number of benzene rings is 1. The molecule has 1 fully saturated rings. The number of carbonyl (C=O) groups is 1. The van der Waals surface area contributed by atoms with Crippen LogP contribution in [-0.2, 0) is 27.7 Å². The highest BCUT2D eigenvalue weighted by Crippen LogP contribution is 2.17. The number of hydrogen-bond donors (Lipinski definition) is 1. The van der Waals surface area contributed by atoms with E-state index >= 15 is 0 Å². The van der Waals surface area contributed by atoms with Crippen LogP contribution in [0, 0.1) is 0 Å². The molecule has 0 aliphatic carbocycles. The van der Waals surface area contributed by atoms with Gasteiger partial charge in [-0.25, -0.2) is 13.6 Å². The molecule has 1 aliphatic rings. The molecule has 1 amide bonds. The Labute approximate surface area is 119 Å². The second-order valence-electron chi connectivity index (χ2n) is 5.17. The van der Waals surface area contributed by atoms with Crippen molar-refractivity contribution in [2.45, 2.75) is 31.4 Å². The van der Waals surface area contributed by atoms with Gasteiger partial charge in [0.15, 0.2) is 0 Å². The fourth-order valence-corrected chi connectivity index (χ4v) is 3.14. The van der Waals surface area contributed by atoms with E-state index in [1.165, 1.54) is 5.56 Å². The van der Waals surface area contributed by atoms with Crippen LogP contribution in [0.15, 0.2) is 24.3 Å². The van der Waals surface area contributed by atoms with Crippen LogP contribution in [0.2, 0.25) is 0 Å². The summed E-state index contributed by atoms with van der Waals surface area (Å²) in [4.78, 5) is 13.3. The normalized spacial score (nSPS) is 19.6. The summed E-state index contributed by atoms with van der Waals surface area (Å²) in [6.45, 7) is 2.85. The van der Waals surface area contributed by atoms with Crippen LogP contribution in [0.5, 0.6) is 0 Å². The summed E-state index contributed by atoms with van der Waals surface area (Å²) in [5.41, 5.74) is 2.43. The molecule has 1 aromatic carbocycles. The van der Waals surface area contributed by atoms with Crippen LogP contribution in [0.25, 0.3) is 0 Å². The summed E-state index contributed by atoms with van der Waals surface area (Å²) in [6, 6.07) is 8.26. The molecule has 5 nitrogen and oxygen atoms in total. The molecule has 2 N–H and O–H groups in total. The lowest BCUT2D eigenvalue weighted by atomic mass is 10.1. The zero-order valence-electron chi connectivity index (χ0n) is 11.6. The van der Waals surface area contributed by atoms with Gasteiger partial charge in [-0.2, -0.15) is 0 Å². The summed E-state index contributed by atoms with van der Waals surface area (Å²) >= 11 is 0. The van der Waals surface area contributed by atoms with E-state index in [0.717, 1.165) is 18.4 Å². The third kappa shape index (κ3) is 3.58. The molecular weight excluding hydrogens is 276 g/mol. The molecule has 0 saturated carbocycles. The van der Waals surface area contributed by atoms with Gasteiger partial charge >= 0.3 is 0 Å². The zero-order chi connectivity index (χ0) is 14.8. The summed E-state index contributed by atoms with van der Waals surface area (Å²) in [7, 11) is -3.62. The molecule has 1 aliphatic heterocycles. The standard InChI is InChI=1S/C14H20N2O3S/c1-2-11-3-5-12(6-4-11)7-8-16-10-13(9-14(16)17)20(15,18)19/h3-6,13H,2,7-10H2,1H3,(H2,15,18,19). The Bertz CT molecular complexity index is 581. The minimum absolute atomic E-state index is 0.00755. The van der Waals surface area contributed by atoms with E-state index in [-0.39, 0.29) is 18.9 Å². The smallest absolute Gasteiger partial charge is 0.224 e. The lowest BCUT2D eigenvalue weighted by molar-refractivity contribution is -0.127. The number of sulfonamides is 1. The number of hydrogen-bond acceptors (Lipinski definition) is 3. The van der Waals surface area contributed by atoms with Gasteiger partial charge in [0, 0.05) is 19.5 Å². The minimum Gasteiger partial charge on any atom is -0.341 e. The van der Waals surface area contributed by atoms with Crippen molar-refractivity contribution < 1.29 is 13.2 Å². The molecule has 0 aromatic heterocycles. The van der Waals surface area contributed by atoms with Crippen molar-refractivity contribution in [2.24, 2.45) is 5.14 Å². The highest BCUT2D eigenvalue weighted by atomic mass is 32.2. The van der Waals surface area contributed by atoms with Crippen molar-refractivity contribution in [1.29, 1.82) is 0 Å². The van der Waals surface area contributed by atoms with Crippen molar-refractivity contribution in [3.63, 3.8) is 0 Å². The lowest BCUT2D eigenvalue weighted by Gasteiger charge is -2.16. The van der Waals surface area contributed by atoms with Gasteiger partial charge in [0.1, 0.15) is 5.25 Å². The number of rotatable bonds is 5. The average molecular weight is 296 g/mol. The average Bonchev–Trinajstić information content (AvgIpc) is 2.78. The van der Waals surface area contributed by atoms with E-state index in [0.29, 0.717) is 6.54 Å². The van der Waals surface area contributed by atoms with Crippen LogP contribution in [0.4, 0.5) is 0 Å². The van der Waals surface area contributed by atoms with Gasteiger partial charge in [0.2, 0.25) is 15.9 Å². The number of aryl methyl sites for hydroxylation is 1. The molecule has 0 spiro atoms. The molecule has 1 heterocycles. The Morgan fingerprint density at radius 3 is 2.35 bits per heavy atom. The third-order valence-electron chi connectivity index (χ3n) is 3.75. The van der Waals surface area contributed by atoms with Gasteiger partial charge in [0.25, 0.3) is 0 Å². The Balaban J connectivity index is 1.92. The van der Waals surface area contributed by atoms with E-state index in [1.54, 1.807) is 4.90 Å². The van der Waals surface area contributed by atoms with Crippen molar-refractivity contribution in [3.05, 3.63) is 35.4 Å². The van der Waals surface area contributed by atoms with Crippen LogP contribution in [-0.4, -0.2) is 37.6 Å². The maximum atomic E-state index is 11.8. The summed E-state index contributed by atoms with van der Waals surface area (Å²) in [6.07, 6.45) is 1.74. The molecular formula is C14H20N2O3S. The highest BCUT2D eigenvalue weighted by molar-refractivity contribution is 7.89. The van der Waals surface area contributed by atoms with E-state index < -0.39 is 15.3 Å². The van der Waals surface area contributed by atoms with Crippen LogP contribution >= 0.6 is 0 Å². The first kappa shape index (κ1) is 15.0. The quantitative estimate of drug-likeness (QED) is 0.867. The van der Waals surface area contributed by atoms with E-state index in [9.17, 15) is 13.2 Å². The molecule has 0 bridgehead atoms. The fraction of sp³-hybridized carbons (Fsp3) is 0.500. The maximum absolute atomic E-state index is 11.8. The minimum atomic E-state index is -3.62. The Hall–Kier alpha value is -1.40. The number of nitrogens with two attached hydrogens (primary N) is 1. The molecule has 1 aromatic rings. The van der Waals surface area contributed by atoms with Crippen LogP contribution in [0.1, 0.15) is 24.5 Å². The number of primary sulfonamides is 1. The van der Waals surface area contributed by atoms with Crippen molar-refractivity contribution in [2.75, 3.05) is 13.1 Å². The predicted molar refractivity (Wildman–Crippen MR) is 77.6 cm³/mol. The summed E-state index contributed by atoms with van der Waals surface area (Å²) in [5.74, 6) is -0.130. The van der Waals surface area contributed by atoms with E-state index in [2.05, 4.69) is 31.2 Å². The Morgan fingerprint density at radius 1 is 1.25 bits per heavy atom. The van der Waals surface area contributed by atoms with Crippen LogP contribution < -0.4 is 5.14 Å². The van der Waals surface area contributed by atoms with Crippen molar-refractivity contribution in [1.82, 2.24) is 4.90 Å². The third-order valence-corrected chi connectivity index (χ3v) is 4.99. The van der Waals surface area contributed by atoms with Gasteiger partial charge in [-0.1, -0.05) is 31.2 Å². The number of likely N-dealkylation sites (tertiary alicyclic amines) is 1. The number of nitrogens with zero attached hydrogens (tertiary/aromatic N) is 1. The van der Waals surface area contributed by atoms with E-state index in [4.69, 9.17) is 5.14 Å². The molecule has 110 valence electrons. The topological polar surface area (TPSA) is 80.5 Å². The molecule has 1 unspecified atom stereocenters. The second-order valence-corrected chi connectivity index (χ2v) is 7.02. The SMILES string of the molecule is CCc1ccc(CCN2CC(S(N)(=O)=O)CC2=O)cc1. The molecule has 0 radical (unpaired) electrons. The lowest BCUT2D eigenvalue weighted by Crippen LogP contribution is -2.33. The molecule has 1 saturated heterocycles. The van der Waals surface area contributed by atoms with E-state index in [1.807, 2.05) is 0 Å². The summed E-state index contributed by atoms with van der Waals surface area (Å²) < 4.78 is 22.5. The van der Waals surface area contributed by atoms with Gasteiger partial charge in [-0.15, -0.1) is 0 Å².